The molecule has 126 valence electrons. The van der Waals surface area contributed by atoms with Gasteiger partial charge >= 0.3 is 0 Å². The molecule has 0 saturated heterocycles. The molecule has 0 atom stereocenters. The normalized spacial score (nSPS) is 10.3. The van der Waals surface area contributed by atoms with E-state index >= 15 is 0 Å². The Labute approximate surface area is 146 Å². The number of benzene rings is 1. The van der Waals surface area contributed by atoms with Crippen LogP contribution in [0.4, 0.5) is 17.5 Å². The van der Waals surface area contributed by atoms with Crippen molar-refractivity contribution >= 4 is 23.2 Å². The van der Waals surface area contributed by atoms with Crippen molar-refractivity contribution in [1.29, 1.82) is 0 Å². The standard InChI is InChI=1S/C19H19N5O/c1-13-11-18(23-17-5-3-16(4-6-17)14(2)25)24-19(22-13)21-12-15-7-9-20-10-8-15/h3-11H,12H2,1-2H3,(H2,21,22,23,24). The summed E-state index contributed by atoms with van der Waals surface area (Å²) in [6, 6.07) is 13.1. The molecule has 6 nitrogen and oxygen atoms in total. The third-order valence-corrected chi connectivity index (χ3v) is 3.62. The minimum absolute atomic E-state index is 0.0482. The Kier molecular flexibility index (Phi) is 4.99. The van der Waals surface area contributed by atoms with Gasteiger partial charge in [-0.05, 0) is 55.8 Å². The van der Waals surface area contributed by atoms with Gasteiger partial charge in [0.2, 0.25) is 5.95 Å². The monoisotopic (exact) mass is 333 g/mol. The number of aryl methyl sites for hydroxylation is 1. The van der Waals surface area contributed by atoms with Gasteiger partial charge in [0, 0.05) is 41.9 Å². The molecular formula is C19H19N5O. The SMILES string of the molecule is CC(=O)c1ccc(Nc2cc(C)nc(NCc3ccncc3)n2)cc1. The van der Waals surface area contributed by atoms with Crippen molar-refractivity contribution in [2.75, 3.05) is 10.6 Å². The van der Waals surface area contributed by atoms with Crippen LogP contribution in [0.1, 0.15) is 28.5 Å². The van der Waals surface area contributed by atoms with Crippen LogP contribution in [-0.4, -0.2) is 20.7 Å². The number of Topliss-reactive ketones (excluding diaryl/α,β-unsaturated/α-hetero) is 1. The number of nitrogens with zero attached hydrogens (tertiary/aromatic N) is 3. The van der Waals surface area contributed by atoms with E-state index in [1.54, 1.807) is 31.5 Å². The number of carbonyl (C=O) groups excluding carboxylic acids is 1. The van der Waals surface area contributed by atoms with E-state index in [4.69, 9.17) is 0 Å². The third-order valence-electron chi connectivity index (χ3n) is 3.62. The third kappa shape index (κ3) is 4.60. The van der Waals surface area contributed by atoms with E-state index in [1.807, 2.05) is 37.3 Å². The van der Waals surface area contributed by atoms with Gasteiger partial charge in [0.05, 0.1) is 0 Å². The number of aromatic nitrogens is 3. The molecule has 1 aromatic carbocycles. The maximum atomic E-state index is 11.3. The summed E-state index contributed by atoms with van der Waals surface area (Å²) < 4.78 is 0. The Bertz CT molecular complexity index is 863. The molecule has 2 aromatic heterocycles. The number of anilines is 3. The van der Waals surface area contributed by atoms with E-state index in [1.165, 1.54) is 0 Å². The van der Waals surface area contributed by atoms with Crippen LogP contribution in [0.15, 0.2) is 54.9 Å². The van der Waals surface area contributed by atoms with E-state index in [0.717, 1.165) is 16.9 Å². The fourth-order valence-corrected chi connectivity index (χ4v) is 2.33. The van der Waals surface area contributed by atoms with Crippen molar-refractivity contribution in [3.8, 4) is 0 Å². The van der Waals surface area contributed by atoms with Crippen LogP contribution in [-0.2, 0) is 6.54 Å². The van der Waals surface area contributed by atoms with Crippen molar-refractivity contribution in [2.24, 2.45) is 0 Å². The molecule has 2 N–H and O–H groups in total. The zero-order valence-electron chi connectivity index (χ0n) is 14.2. The van der Waals surface area contributed by atoms with Crippen LogP contribution in [0.25, 0.3) is 0 Å². The lowest BCUT2D eigenvalue weighted by Crippen LogP contribution is -2.06. The molecule has 25 heavy (non-hydrogen) atoms. The summed E-state index contributed by atoms with van der Waals surface area (Å²) in [5.41, 5.74) is 3.51. The minimum Gasteiger partial charge on any atom is -0.350 e. The van der Waals surface area contributed by atoms with Crippen LogP contribution in [0.2, 0.25) is 0 Å². The summed E-state index contributed by atoms with van der Waals surface area (Å²) in [5.74, 6) is 1.30. The number of nitrogens with one attached hydrogen (secondary N) is 2. The van der Waals surface area contributed by atoms with E-state index in [0.29, 0.717) is 23.9 Å². The largest absolute Gasteiger partial charge is 0.350 e. The molecule has 0 aliphatic carbocycles. The highest BCUT2D eigenvalue weighted by Crippen LogP contribution is 2.18. The van der Waals surface area contributed by atoms with Crippen LogP contribution in [0.5, 0.6) is 0 Å². The van der Waals surface area contributed by atoms with E-state index < -0.39 is 0 Å². The number of pyridine rings is 1. The Morgan fingerprint density at radius 1 is 1.04 bits per heavy atom. The van der Waals surface area contributed by atoms with E-state index in [9.17, 15) is 4.79 Å². The second kappa shape index (κ2) is 7.53. The summed E-state index contributed by atoms with van der Waals surface area (Å²) in [7, 11) is 0. The van der Waals surface area contributed by atoms with Crippen LogP contribution < -0.4 is 10.6 Å². The Morgan fingerprint density at radius 2 is 1.76 bits per heavy atom. The number of hydrogen-bond donors (Lipinski definition) is 2. The predicted octanol–water partition coefficient (Wildman–Crippen LogP) is 3.74. The molecule has 0 fully saturated rings. The van der Waals surface area contributed by atoms with Crippen LogP contribution in [0.3, 0.4) is 0 Å². The van der Waals surface area contributed by atoms with Crippen LogP contribution >= 0.6 is 0 Å². The van der Waals surface area contributed by atoms with Gasteiger partial charge in [-0.3, -0.25) is 9.78 Å². The summed E-state index contributed by atoms with van der Waals surface area (Å²) in [5, 5.41) is 6.45. The Hall–Kier alpha value is -3.28. The van der Waals surface area contributed by atoms with Gasteiger partial charge in [0.1, 0.15) is 5.82 Å². The fraction of sp³-hybridized carbons (Fsp3) is 0.158. The van der Waals surface area contributed by atoms with Crippen molar-refractivity contribution < 1.29 is 4.79 Å². The highest BCUT2D eigenvalue weighted by Gasteiger charge is 2.04. The first kappa shape index (κ1) is 16.6. The second-order valence-corrected chi connectivity index (χ2v) is 5.69. The second-order valence-electron chi connectivity index (χ2n) is 5.69. The first-order valence-corrected chi connectivity index (χ1v) is 7.96. The molecule has 0 unspecified atom stereocenters. The predicted molar refractivity (Wildman–Crippen MR) is 98.1 cm³/mol. The molecular weight excluding hydrogens is 314 g/mol. The lowest BCUT2D eigenvalue weighted by atomic mass is 10.1. The summed E-state index contributed by atoms with van der Waals surface area (Å²) >= 11 is 0. The van der Waals surface area contributed by atoms with Gasteiger partial charge < -0.3 is 10.6 Å². The van der Waals surface area contributed by atoms with Gasteiger partial charge in [-0.2, -0.15) is 4.98 Å². The van der Waals surface area contributed by atoms with Gasteiger partial charge in [-0.15, -0.1) is 0 Å². The maximum Gasteiger partial charge on any atom is 0.225 e. The molecule has 0 bridgehead atoms. The molecule has 2 heterocycles. The maximum absolute atomic E-state index is 11.3. The van der Waals surface area contributed by atoms with Crippen molar-refractivity contribution in [3.63, 3.8) is 0 Å². The smallest absolute Gasteiger partial charge is 0.225 e. The number of hydrogen-bond acceptors (Lipinski definition) is 6. The quantitative estimate of drug-likeness (QED) is 0.669. The first-order valence-electron chi connectivity index (χ1n) is 7.96. The van der Waals surface area contributed by atoms with Gasteiger partial charge in [-0.1, -0.05) is 0 Å². The molecule has 3 rings (SSSR count). The van der Waals surface area contributed by atoms with Gasteiger partial charge in [0.15, 0.2) is 5.78 Å². The zero-order chi connectivity index (χ0) is 17.6. The zero-order valence-corrected chi connectivity index (χ0v) is 14.2. The summed E-state index contributed by atoms with van der Waals surface area (Å²) in [6.45, 7) is 4.10. The van der Waals surface area contributed by atoms with Crippen LogP contribution in [0, 0.1) is 6.92 Å². The lowest BCUT2D eigenvalue weighted by molar-refractivity contribution is 0.101. The van der Waals surface area contributed by atoms with Crippen molar-refractivity contribution in [3.05, 3.63) is 71.7 Å². The average molecular weight is 333 g/mol. The molecule has 3 aromatic rings. The first-order chi connectivity index (χ1) is 12.1. The molecule has 0 aliphatic heterocycles. The minimum atomic E-state index is 0.0482. The van der Waals surface area contributed by atoms with Crippen molar-refractivity contribution in [1.82, 2.24) is 15.0 Å². The van der Waals surface area contributed by atoms with Gasteiger partial charge in [0.25, 0.3) is 0 Å². The highest BCUT2D eigenvalue weighted by atomic mass is 16.1. The number of rotatable bonds is 6. The van der Waals surface area contributed by atoms with Crippen molar-refractivity contribution in [2.45, 2.75) is 20.4 Å². The van der Waals surface area contributed by atoms with E-state index in [-0.39, 0.29) is 5.78 Å². The number of ketones is 1. The molecule has 6 heteroatoms. The Balaban J connectivity index is 1.71. The highest BCUT2D eigenvalue weighted by molar-refractivity contribution is 5.94. The van der Waals surface area contributed by atoms with Gasteiger partial charge in [-0.25, -0.2) is 4.98 Å². The molecule has 0 amide bonds. The molecule has 0 saturated carbocycles. The summed E-state index contributed by atoms with van der Waals surface area (Å²) in [4.78, 5) is 24.2. The topological polar surface area (TPSA) is 79.8 Å². The molecule has 0 aliphatic rings. The number of carbonyl (C=O) groups is 1. The average Bonchev–Trinajstić information content (AvgIpc) is 2.61. The summed E-state index contributed by atoms with van der Waals surface area (Å²) in [6.07, 6.45) is 3.51. The molecule has 0 radical (unpaired) electrons. The van der Waals surface area contributed by atoms with E-state index in [2.05, 4.69) is 25.6 Å². The fourth-order valence-electron chi connectivity index (χ4n) is 2.33. The Morgan fingerprint density at radius 3 is 2.44 bits per heavy atom. The molecule has 0 spiro atoms. The lowest BCUT2D eigenvalue weighted by Gasteiger charge is -2.10.